The van der Waals surface area contributed by atoms with Gasteiger partial charge in [0.1, 0.15) is 17.7 Å². The largest absolute Gasteiger partial charge is 0.489 e. The van der Waals surface area contributed by atoms with Crippen LogP contribution in [0.4, 0.5) is 10.1 Å². The molecule has 1 saturated heterocycles. The van der Waals surface area contributed by atoms with Crippen molar-refractivity contribution in [1.82, 2.24) is 4.90 Å². The first-order chi connectivity index (χ1) is 11.6. The molecule has 0 saturated carbocycles. The molecule has 2 aromatic carbocycles. The Hall–Kier alpha value is -2.40. The van der Waals surface area contributed by atoms with Gasteiger partial charge in [0.25, 0.3) is 0 Å². The standard InChI is InChI=1S/C19H21FN2O2/c1-14(23)21-19-5-3-2-4-15(19)12-22-11-10-18(13-22)24-17-8-6-16(20)7-9-17/h2-9,18H,10-13H2,1H3,(H,21,23). The molecule has 1 aliphatic heterocycles. The van der Waals surface area contributed by atoms with Crippen molar-refractivity contribution in [2.45, 2.75) is 26.0 Å². The molecule has 0 radical (unpaired) electrons. The predicted molar refractivity (Wildman–Crippen MR) is 91.5 cm³/mol. The topological polar surface area (TPSA) is 41.6 Å². The van der Waals surface area contributed by atoms with Crippen molar-refractivity contribution in [2.24, 2.45) is 0 Å². The minimum Gasteiger partial charge on any atom is -0.489 e. The Morgan fingerprint density at radius 1 is 1.25 bits per heavy atom. The molecular weight excluding hydrogens is 307 g/mol. The van der Waals surface area contributed by atoms with E-state index in [0.29, 0.717) is 5.75 Å². The lowest BCUT2D eigenvalue weighted by Gasteiger charge is -2.19. The Bertz CT molecular complexity index is 703. The number of likely N-dealkylation sites (tertiary alicyclic amines) is 1. The predicted octanol–water partition coefficient (Wildman–Crippen LogP) is 3.44. The molecule has 126 valence electrons. The van der Waals surface area contributed by atoms with Crippen LogP contribution < -0.4 is 10.1 Å². The fourth-order valence-electron chi connectivity index (χ4n) is 2.95. The molecule has 0 aliphatic carbocycles. The molecular formula is C19H21FN2O2. The van der Waals surface area contributed by atoms with Gasteiger partial charge in [0.05, 0.1) is 0 Å². The number of hydrogen-bond acceptors (Lipinski definition) is 3. The van der Waals surface area contributed by atoms with Crippen LogP contribution in [0.15, 0.2) is 48.5 Å². The summed E-state index contributed by atoms with van der Waals surface area (Å²) in [5, 5.41) is 2.87. The van der Waals surface area contributed by atoms with Gasteiger partial charge in [-0.05, 0) is 42.3 Å². The summed E-state index contributed by atoms with van der Waals surface area (Å²) in [6.07, 6.45) is 1.03. The summed E-state index contributed by atoms with van der Waals surface area (Å²) >= 11 is 0. The Balaban J connectivity index is 1.58. The number of carbonyl (C=O) groups is 1. The van der Waals surface area contributed by atoms with Crippen molar-refractivity contribution >= 4 is 11.6 Å². The number of benzene rings is 2. The first-order valence-corrected chi connectivity index (χ1v) is 8.10. The van der Waals surface area contributed by atoms with E-state index in [1.807, 2.05) is 24.3 Å². The van der Waals surface area contributed by atoms with E-state index in [1.165, 1.54) is 19.1 Å². The first-order valence-electron chi connectivity index (χ1n) is 8.10. The van der Waals surface area contributed by atoms with Crippen LogP contribution in [-0.2, 0) is 11.3 Å². The molecule has 1 aliphatic rings. The van der Waals surface area contributed by atoms with Gasteiger partial charge in [0, 0.05) is 32.2 Å². The van der Waals surface area contributed by atoms with E-state index in [0.717, 1.165) is 37.3 Å². The molecule has 1 unspecified atom stereocenters. The molecule has 5 heteroatoms. The molecule has 2 aromatic rings. The molecule has 24 heavy (non-hydrogen) atoms. The van der Waals surface area contributed by atoms with E-state index < -0.39 is 0 Å². The van der Waals surface area contributed by atoms with Crippen LogP contribution in [0.5, 0.6) is 5.75 Å². The smallest absolute Gasteiger partial charge is 0.221 e. The third-order valence-corrected chi connectivity index (χ3v) is 4.07. The maximum Gasteiger partial charge on any atom is 0.221 e. The summed E-state index contributed by atoms with van der Waals surface area (Å²) in [6.45, 7) is 4.02. The monoisotopic (exact) mass is 328 g/mol. The van der Waals surface area contributed by atoms with Crippen LogP contribution in [0.2, 0.25) is 0 Å². The highest BCUT2D eigenvalue weighted by atomic mass is 19.1. The van der Waals surface area contributed by atoms with Gasteiger partial charge >= 0.3 is 0 Å². The van der Waals surface area contributed by atoms with Gasteiger partial charge in [-0.1, -0.05) is 18.2 Å². The second-order valence-electron chi connectivity index (χ2n) is 6.06. The molecule has 1 heterocycles. The summed E-state index contributed by atoms with van der Waals surface area (Å²) in [6, 6.07) is 14.0. The molecule has 1 fully saturated rings. The lowest BCUT2D eigenvalue weighted by molar-refractivity contribution is -0.114. The maximum absolute atomic E-state index is 12.9. The molecule has 0 spiro atoms. The highest BCUT2D eigenvalue weighted by molar-refractivity contribution is 5.89. The lowest BCUT2D eigenvalue weighted by Crippen LogP contribution is -2.25. The second-order valence-corrected chi connectivity index (χ2v) is 6.06. The fourth-order valence-corrected chi connectivity index (χ4v) is 2.95. The van der Waals surface area contributed by atoms with Gasteiger partial charge in [-0.2, -0.15) is 0 Å². The first kappa shape index (κ1) is 16.5. The summed E-state index contributed by atoms with van der Waals surface area (Å²) in [4.78, 5) is 13.6. The number of rotatable bonds is 5. The Morgan fingerprint density at radius 3 is 2.75 bits per heavy atom. The molecule has 0 aromatic heterocycles. The molecule has 3 rings (SSSR count). The van der Waals surface area contributed by atoms with Crippen molar-refractivity contribution in [3.63, 3.8) is 0 Å². The quantitative estimate of drug-likeness (QED) is 0.914. The van der Waals surface area contributed by atoms with Gasteiger partial charge in [-0.15, -0.1) is 0 Å². The van der Waals surface area contributed by atoms with Crippen LogP contribution in [-0.4, -0.2) is 30.0 Å². The number of halogens is 1. The maximum atomic E-state index is 12.9. The van der Waals surface area contributed by atoms with Crippen LogP contribution in [0.3, 0.4) is 0 Å². The number of anilines is 1. The second kappa shape index (κ2) is 7.45. The van der Waals surface area contributed by atoms with E-state index in [-0.39, 0.29) is 17.8 Å². The molecule has 0 bridgehead atoms. The Kier molecular flexibility index (Phi) is 5.11. The van der Waals surface area contributed by atoms with E-state index in [1.54, 1.807) is 12.1 Å². The molecule has 4 nitrogen and oxygen atoms in total. The van der Waals surface area contributed by atoms with Crippen molar-refractivity contribution in [1.29, 1.82) is 0 Å². The Labute approximate surface area is 141 Å². The number of para-hydroxylation sites is 1. The van der Waals surface area contributed by atoms with Crippen molar-refractivity contribution in [3.8, 4) is 5.75 Å². The minimum absolute atomic E-state index is 0.0682. The number of nitrogens with zero attached hydrogens (tertiary/aromatic N) is 1. The van der Waals surface area contributed by atoms with Crippen molar-refractivity contribution in [2.75, 3.05) is 18.4 Å². The number of ether oxygens (including phenoxy) is 1. The zero-order valence-corrected chi connectivity index (χ0v) is 13.7. The fraction of sp³-hybridized carbons (Fsp3) is 0.316. The molecule has 1 amide bonds. The number of amides is 1. The highest BCUT2D eigenvalue weighted by Crippen LogP contribution is 2.23. The Morgan fingerprint density at radius 2 is 2.00 bits per heavy atom. The molecule has 1 N–H and O–H groups in total. The zero-order chi connectivity index (χ0) is 16.9. The highest BCUT2D eigenvalue weighted by Gasteiger charge is 2.24. The van der Waals surface area contributed by atoms with Crippen LogP contribution >= 0.6 is 0 Å². The average molecular weight is 328 g/mol. The van der Waals surface area contributed by atoms with Gasteiger partial charge in [-0.3, -0.25) is 9.69 Å². The summed E-state index contributed by atoms with van der Waals surface area (Å²) in [5.74, 6) is 0.369. The van der Waals surface area contributed by atoms with E-state index in [4.69, 9.17) is 4.74 Å². The third-order valence-electron chi connectivity index (χ3n) is 4.07. The number of hydrogen-bond donors (Lipinski definition) is 1. The van der Waals surface area contributed by atoms with Gasteiger partial charge < -0.3 is 10.1 Å². The third kappa shape index (κ3) is 4.32. The van der Waals surface area contributed by atoms with Crippen molar-refractivity contribution in [3.05, 3.63) is 59.9 Å². The van der Waals surface area contributed by atoms with E-state index in [9.17, 15) is 9.18 Å². The minimum atomic E-state index is -0.259. The summed E-state index contributed by atoms with van der Waals surface area (Å²) in [5.41, 5.74) is 1.95. The van der Waals surface area contributed by atoms with Crippen LogP contribution in [0.1, 0.15) is 18.9 Å². The van der Waals surface area contributed by atoms with Gasteiger partial charge in [0.2, 0.25) is 5.91 Å². The average Bonchev–Trinajstić information content (AvgIpc) is 2.98. The lowest BCUT2D eigenvalue weighted by atomic mass is 10.1. The zero-order valence-electron chi connectivity index (χ0n) is 13.7. The van der Waals surface area contributed by atoms with E-state index >= 15 is 0 Å². The van der Waals surface area contributed by atoms with Crippen molar-refractivity contribution < 1.29 is 13.9 Å². The normalized spacial score (nSPS) is 17.7. The molecule has 1 atom stereocenters. The van der Waals surface area contributed by atoms with Gasteiger partial charge in [0.15, 0.2) is 0 Å². The summed E-state index contributed by atoms with van der Waals surface area (Å²) < 4.78 is 18.9. The van der Waals surface area contributed by atoms with E-state index in [2.05, 4.69) is 10.2 Å². The summed E-state index contributed by atoms with van der Waals surface area (Å²) in [7, 11) is 0. The number of carbonyl (C=O) groups excluding carboxylic acids is 1. The van der Waals surface area contributed by atoms with Gasteiger partial charge in [-0.25, -0.2) is 4.39 Å². The van der Waals surface area contributed by atoms with Crippen LogP contribution in [0, 0.1) is 5.82 Å². The SMILES string of the molecule is CC(=O)Nc1ccccc1CN1CCC(Oc2ccc(F)cc2)C1. The van der Waals surface area contributed by atoms with Crippen LogP contribution in [0.25, 0.3) is 0 Å². The number of nitrogens with one attached hydrogen (secondary N) is 1.